The lowest BCUT2D eigenvalue weighted by atomic mass is 9.75. The molecule has 0 bridgehead atoms. The third kappa shape index (κ3) is 4.38. The van der Waals surface area contributed by atoms with E-state index in [4.69, 9.17) is 0 Å². The van der Waals surface area contributed by atoms with Gasteiger partial charge in [0, 0.05) is 42.2 Å². The monoisotopic (exact) mass is 479 g/mol. The molecule has 184 valence electrons. The van der Waals surface area contributed by atoms with Crippen molar-refractivity contribution in [3.05, 3.63) is 76.5 Å². The highest BCUT2D eigenvalue weighted by atomic mass is 19.1. The molecule has 2 heterocycles. The third-order valence-corrected chi connectivity index (χ3v) is 7.92. The van der Waals surface area contributed by atoms with E-state index in [1.807, 2.05) is 6.92 Å². The van der Waals surface area contributed by atoms with Crippen LogP contribution in [0.5, 0.6) is 0 Å². The van der Waals surface area contributed by atoms with Gasteiger partial charge in [0.1, 0.15) is 17.4 Å². The Bertz CT molecular complexity index is 1190. The molecule has 2 unspecified atom stereocenters. The van der Waals surface area contributed by atoms with Gasteiger partial charge >= 0.3 is 0 Å². The highest BCUT2D eigenvalue weighted by molar-refractivity contribution is 6.21. The summed E-state index contributed by atoms with van der Waals surface area (Å²) in [5.74, 6) is -1.47. The van der Waals surface area contributed by atoms with Crippen LogP contribution in [-0.4, -0.2) is 35.2 Å². The molecular weight excluding hydrogens is 448 g/mol. The second kappa shape index (κ2) is 9.53. The normalized spacial score (nSPS) is 23.5. The number of allylic oxidation sites excluding steroid dienone is 1. The standard InChI is InChI=1S/C28H31F2N3O2/c1-16(24-10-5-13-31-24)33-15-22-20(8-4-9-23(22)30)26(17(33)2)28(35)32-27(21-11-12-25(21)34)18-6-3-7-19(29)14-18/h3-4,6-9,14,16,21,24,27,31H,5,10-13,15H2,1-2H3,(H,32,35)/t16?,21?,24-,27-/m1/s1. The molecule has 3 aliphatic rings. The van der Waals surface area contributed by atoms with Gasteiger partial charge in [0.2, 0.25) is 0 Å². The number of fused-ring (bicyclic) bond motifs is 1. The first-order chi connectivity index (χ1) is 16.8. The zero-order chi connectivity index (χ0) is 24.7. The van der Waals surface area contributed by atoms with Gasteiger partial charge in [0.25, 0.3) is 5.91 Å². The zero-order valence-corrected chi connectivity index (χ0v) is 20.1. The molecule has 1 saturated heterocycles. The molecule has 2 aromatic carbocycles. The van der Waals surface area contributed by atoms with Crippen LogP contribution >= 0.6 is 0 Å². The fraction of sp³-hybridized carbons (Fsp3) is 0.429. The van der Waals surface area contributed by atoms with Crippen LogP contribution in [0.1, 0.15) is 62.3 Å². The fourth-order valence-electron chi connectivity index (χ4n) is 5.77. The second-order valence-electron chi connectivity index (χ2n) is 9.92. The predicted octanol–water partition coefficient (Wildman–Crippen LogP) is 4.49. The van der Waals surface area contributed by atoms with Crippen molar-refractivity contribution in [3.63, 3.8) is 0 Å². The molecule has 0 aromatic heterocycles. The molecular formula is C28H31F2N3O2. The van der Waals surface area contributed by atoms with E-state index in [1.165, 1.54) is 18.2 Å². The Morgan fingerprint density at radius 3 is 2.63 bits per heavy atom. The molecule has 1 amide bonds. The molecule has 5 rings (SSSR count). The van der Waals surface area contributed by atoms with E-state index in [9.17, 15) is 18.4 Å². The molecule has 2 N–H and O–H groups in total. The lowest BCUT2D eigenvalue weighted by molar-refractivity contribution is -0.131. The maximum Gasteiger partial charge on any atom is 0.254 e. The average molecular weight is 480 g/mol. The molecule has 1 saturated carbocycles. The first-order valence-corrected chi connectivity index (χ1v) is 12.4. The number of amides is 1. The molecule has 1 aliphatic carbocycles. The van der Waals surface area contributed by atoms with E-state index in [0.717, 1.165) is 25.1 Å². The highest BCUT2D eigenvalue weighted by Crippen LogP contribution is 2.39. The average Bonchev–Trinajstić information content (AvgIpc) is 3.37. The van der Waals surface area contributed by atoms with E-state index in [1.54, 1.807) is 24.3 Å². The number of nitrogens with one attached hydrogen (secondary N) is 2. The fourth-order valence-corrected chi connectivity index (χ4v) is 5.77. The van der Waals surface area contributed by atoms with Crippen molar-refractivity contribution in [2.75, 3.05) is 6.54 Å². The van der Waals surface area contributed by atoms with Crippen molar-refractivity contribution >= 4 is 17.3 Å². The van der Waals surface area contributed by atoms with Crippen molar-refractivity contribution in [1.82, 2.24) is 15.5 Å². The molecule has 2 aliphatic heterocycles. The van der Waals surface area contributed by atoms with E-state index in [-0.39, 0.29) is 29.6 Å². The number of ketones is 1. The van der Waals surface area contributed by atoms with Crippen molar-refractivity contribution in [2.24, 2.45) is 5.92 Å². The lowest BCUT2D eigenvalue weighted by Crippen LogP contribution is -2.47. The van der Waals surface area contributed by atoms with Crippen molar-refractivity contribution < 1.29 is 18.4 Å². The van der Waals surface area contributed by atoms with Gasteiger partial charge < -0.3 is 15.5 Å². The van der Waals surface area contributed by atoms with Gasteiger partial charge in [-0.15, -0.1) is 0 Å². The molecule has 4 atom stereocenters. The van der Waals surface area contributed by atoms with Crippen molar-refractivity contribution in [1.29, 1.82) is 0 Å². The quantitative estimate of drug-likeness (QED) is 0.641. The van der Waals surface area contributed by atoms with Gasteiger partial charge in [-0.1, -0.05) is 24.3 Å². The number of Topliss-reactive ketones (excluding diaryl/α,β-unsaturated/α-hetero) is 1. The van der Waals surface area contributed by atoms with Crippen LogP contribution in [0.15, 0.2) is 48.2 Å². The van der Waals surface area contributed by atoms with E-state index < -0.39 is 17.8 Å². The number of rotatable bonds is 6. The smallest absolute Gasteiger partial charge is 0.254 e. The molecule has 0 radical (unpaired) electrons. The Labute approximate surface area is 204 Å². The molecule has 0 spiro atoms. The highest BCUT2D eigenvalue weighted by Gasteiger charge is 2.39. The first-order valence-electron chi connectivity index (χ1n) is 12.4. The number of hydrogen-bond acceptors (Lipinski definition) is 4. The van der Waals surface area contributed by atoms with Gasteiger partial charge in [0.05, 0.1) is 11.6 Å². The van der Waals surface area contributed by atoms with Crippen LogP contribution in [0, 0.1) is 17.6 Å². The van der Waals surface area contributed by atoms with Gasteiger partial charge in [-0.25, -0.2) is 8.78 Å². The molecule has 5 nitrogen and oxygen atoms in total. The number of carbonyl (C=O) groups excluding carboxylic acids is 2. The number of benzene rings is 2. The van der Waals surface area contributed by atoms with Crippen molar-refractivity contribution in [3.8, 4) is 0 Å². The Morgan fingerprint density at radius 1 is 1.17 bits per heavy atom. The maximum atomic E-state index is 15.0. The number of nitrogens with zero attached hydrogens (tertiary/aromatic N) is 1. The Morgan fingerprint density at radius 2 is 1.97 bits per heavy atom. The summed E-state index contributed by atoms with van der Waals surface area (Å²) in [5.41, 5.74) is 2.81. The van der Waals surface area contributed by atoms with E-state index >= 15 is 0 Å². The lowest BCUT2D eigenvalue weighted by Gasteiger charge is -2.41. The summed E-state index contributed by atoms with van der Waals surface area (Å²) in [6.45, 7) is 5.35. The van der Waals surface area contributed by atoms with Gasteiger partial charge in [-0.2, -0.15) is 0 Å². The summed E-state index contributed by atoms with van der Waals surface area (Å²) in [6.07, 6.45) is 3.22. The SMILES string of the molecule is CC1=C(C(=O)N[C@H](c2cccc(F)c2)C2CCC2=O)c2cccc(F)c2CN1C(C)[C@H]1CCCN1. The zero-order valence-electron chi connectivity index (χ0n) is 20.1. The molecule has 7 heteroatoms. The summed E-state index contributed by atoms with van der Waals surface area (Å²) in [7, 11) is 0. The van der Waals surface area contributed by atoms with Crippen LogP contribution in [0.4, 0.5) is 8.78 Å². The van der Waals surface area contributed by atoms with Gasteiger partial charge in [-0.3, -0.25) is 9.59 Å². The van der Waals surface area contributed by atoms with Crippen molar-refractivity contribution in [2.45, 2.75) is 64.2 Å². The topological polar surface area (TPSA) is 61.4 Å². The molecule has 35 heavy (non-hydrogen) atoms. The summed E-state index contributed by atoms with van der Waals surface area (Å²) in [6, 6.07) is 10.5. The summed E-state index contributed by atoms with van der Waals surface area (Å²) >= 11 is 0. The van der Waals surface area contributed by atoms with Crippen LogP contribution in [-0.2, 0) is 16.1 Å². The van der Waals surface area contributed by atoms with Crippen LogP contribution in [0.3, 0.4) is 0 Å². The Hall–Kier alpha value is -3.06. The Balaban J connectivity index is 1.53. The number of halogens is 2. The maximum absolute atomic E-state index is 15.0. The third-order valence-electron chi connectivity index (χ3n) is 7.92. The second-order valence-corrected chi connectivity index (χ2v) is 9.92. The summed E-state index contributed by atoms with van der Waals surface area (Å²) in [4.78, 5) is 28.3. The van der Waals surface area contributed by atoms with Crippen LogP contribution in [0.2, 0.25) is 0 Å². The van der Waals surface area contributed by atoms with Gasteiger partial charge in [-0.05, 0) is 69.0 Å². The minimum Gasteiger partial charge on any atom is -0.366 e. The predicted molar refractivity (Wildman–Crippen MR) is 130 cm³/mol. The van der Waals surface area contributed by atoms with E-state index in [2.05, 4.69) is 22.5 Å². The van der Waals surface area contributed by atoms with E-state index in [0.29, 0.717) is 41.6 Å². The largest absolute Gasteiger partial charge is 0.366 e. The van der Waals surface area contributed by atoms with Crippen LogP contribution < -0.4 is 10.6 Å². The summed E-state index contributed by atoms with van der Waals surface area (Å²) in [5, 5.41) is 6.55. The minimum atomic E-state index is -0.638. The Kier molecular flexibility index (Phi) is 6.45. The van der Waals surface area contributed by atoms with Gasteiger partial charge in [0.15, 0.2) is 0 Å². The molecule has 2 aromatic rings. The molecule has 2 fully saturated rings. The van der Waals surface area contributed by atoms with Crippen LogP contribution in [0.25, 0.3) is 5.57 Å². The number of hydrogen-bond donors (Lipinski definition) is 2. The summed E-state index contributed by atoms with van der Waals surface area (Å²) < 4.78 is 29.0. The first kappa shape index (κ1) is 23.7. The number of carbonyl (C=O) groups is 2. The minimum absolute atomic E-state index is 0.0582.